The third-order valence-corrected chi connectivity index (χ3v) is 6.82. The van der Waals surface area contributed by atoms with E-state index in [9.17, 15) is 0 Å². The highest BCUT2D eigenvalue weighted by Crippen LogP contribution is 2.26. The van der Waals surface area contributed by atoms with Crippen molar-refractivity contribution in [3.05, 3.63) is 54.5 Å². The van der Waals surface area contributed by atoms with Crippen molar-refractivity contribution in [1.82, 2.24) is 10.2 Å². The largest absolute Gasteiger partial charge is 0.469 e. The number of hydrogen-bond donors (Lipinski definition) is 1. The van der Waals surface area contributed by atoms with Gasteiger partial charge in [0, 0.05) is 55.8 Å². The van der Waals surface area contributed by atoms with Crippen molar-refractivity contribution in [2.75, 3.05) is 45.1 Å². The number of nitrogens with one attached hydrogen (secondary N) is 1. The van der Waals surface area contributed by atoms with Crippen LogP contribution in [0.25, 0.3) is 0 Å². The normalized spacial score (nSPS) is 22.3. The predicted octanol–water partition coefficient (Wildman–Crippen LogP) is 3.92. The maximum absolute atomic E-state index is 5.52. The van der Waals surface area contributed by atoms with Crippen molar-refractivity contribution >= 4 is 17.7 Å². The number of guanidine groups is 1. The molecule has 1 N–H and O–H groups in total. The first-order valence-corrected chi connectivity index (χ1v) is 11.7. The van der Waals surface area contributed by atoms with Crippen LogP contribution in [-0.2, 0) is 11.2 Å². The molecule has 0 amide bonds. The van der Waals surface area contributed by atoms with Crippen molar-refractivity contribution in [3.8, 4) is 0 Å². The van der Waals surface area contributed by atoms with Crippen LogP contribution in [0.5, 0.6) is 0 Å². The van der Waals surface area contributed by atoms with Crippen molar-refractivity contribution < 1.29 is 9.15 Å². The van der Waals surface area contributed by atoms with Crippen molar-refractivity contribution in [1.29, 1.82) is 0 Å². The number of nitrogens with zero attached hydrogens (tertiary/aromatic N) is 2. The third kappa shape index (κ3) is 6.28. The van der Waals surface area contributed by atoms with E-state index in [2.05, 4.69) is 40.5 Å². The van der Waals surface area contributed by atoms with E-state index in [1.165, 1.54) is 11.3 Å². The number of aliphatic imine (C=N–C) groups is 1. The molecular formula is C23H31N3O2S. The highest BCUT2D eigenvalue weighted by atomic mass is 32.2. The van der Waals surface area contributed by atoms with Crippen LogP contribution in [0.1, 0.15) is 18.6 Å². The van der Waals surface area contributed by atoms with Gasteiger partial charge in [0.05, 0.1) is 12.9 Å². The Bertz CT molecular complexity index is 745. The van der Waals surface area contributed by atoms with Crippen molar-refractivity contribution in [2.24, 2.45) is 16.8 Å². The summed E-state index contributed by atoms with van der Waals surface area (Å²) in [7, 11) is 0. The van der Waals surface area contributed by atoms with E-state index >= 15 is 0 Å². The van der Waals surface area contributed by atoms with Crippen molar-refractivity contribution in [2.45, 2.75) is 24.2 Å². The lowest BCUT2D eigenvalue weighted by Crippen LogP contribution is -2.41. The Morgan fingerprint density at radius 3 is 2.86 bits per heavy atom. The van der Waals surface area contributed by atoms with Gasteiger partial charge in [0.15, 0.2) is 5.96 Å². The summed E-state index contributed by atoms with van der Waals surface area (Å²) in [5.74, 6) is 4.49. The topological polar surface area (TPSA) is 50.0 Å². The summed E-state index contributed by atoms with van der Waals surface area (Å²) in [5, 5.41) is 3.59. The summed E-state index contributed by atoms with van der Waals surface area (Å²) < 4.78 is 11.0. The highest BCUT2D eigenvalue weighted by molar-refractivity contribution is 7.99. The molecule has 0 radical (unpaired) electrons. The molecule has 5 nitrogen and oxygen atoms in total. The molecule has 6 heteroatoms. The van der Waals surface area contributed by atoms with Gasteiger partial charge in [-0.25, -0.2) is 0 Å². The lowest BCUT2D eigenvalue weighted by molar-refractivity contribution is 0.187. The second kappa shape index (κ2) is 10.7. The van der Waals surface area contributed by atoms with Gasteiger partial charge < -0.3 is 19.4 Å². The Balaban J connectivity index is 1.30. The molecule has 2 aliphatic rings. The summed E-state index contributed by atoms with van der Waals surface area (Å²) in [6, 6.07) is 14.7. The van der Waals surface area contributed by atoms with Crippen LogP contribution in [0, 0.1) is 11.8 Å². The molecule has 2 aliphatic heterocycles. The molecule has 0 saturated carbocycles. The Hall–Kier alpha value is -1.92. The summed E-state index contributed by atoms with van der Waals surface area (Å²) in [4.78, 5) is 8.77. The molecule has 4 rings (SSSR count). The van der Waals surface area contributed by atoms with Crippen LogP contribution in [0.4, 0.5) is 0 Å². The molecule has 0 spiro atoms. The number of rotatable bonds is 8. The van der Waals surface area contributed by atoms with Crippen LogP contribution in [0.15, 0.2) is 63.0 Å². The fraction of sp³-hybridized carbons (Fsp3) is 0.522. The molecule has 1 aromatic carbocycles. The third-order valence-electron chi connectivity index (χ3n) is 5.57. The van der Waals surface area contributed by atoms with Crippen LogP contribution >= 0.6 is 11.8 Å². The second-order valence-electron chi connectivity index (χ2n) is 7.87. The quantitative estimate of drug-likeness (QED) is 0.404. The first kappa shape index (κ1) is 20.4. The minimum Gasteiger partial charge on any atom is -0.469 e. The first-order chi connectivity index (χ1) is 14.4. The molecule has 3 heterocycles. The molecule has 2 aromatic rings. The zero-order valence-corrected chi connectivity index (χ0v) is 17.8. The van der Waals surface area contributed by atoms with Gasteiger partial charge in [0.25, 0.3) is 0 Å². The van der Waals surface area contributed by atoms with Crippen LogP contribution in [0.3, 0.4) is 0 Å². The second-order valence-corrected chi connectivity index (χ2v) is 8.97. The van der Waals surface area contributed by atoms with Crippen LogP contribution < -0.4 is 5.32 Å². The molecule has 0 bridgehead atoms. The SMILES string of the molecule is c1ccc(SCC2CCN(C(=NCC3CCOC3)NCCc3ccco3)C2)cc1. The number of hydrogen-bond acceptors (Lipinski definition) is 4. The van der Waals surface area contributed by atoms with Gasteiger partial charge in [-0.1, -0.05) is 18.2 Å². The molecule has 0 aliphatic carbocycles. The van der Waals surface area contributed by atoms with Gasteiger partial charge in [0.1, 0.15) is 5.76 Å². The highest BCUT2D eigenvalue weighted by Gasteiger charge is 2.25. The van der Waals surface area contributed by atoms with Gasteiger partial charge in [-0.15, -0.1) is 11.8 Å². The Morgan fingerprint density at radius 1 is 1.14 bits per heavy atom. The Kier molecular flexibility index (Phi) is 7.54. The van der Waals surface area contributed by atoms with E-state index in [0.717, 1.165) is 69.7 Å². The smallest absolute Gasteiger partial charge is 0.193 e. The van der Waals surface area contributed by atoms with E-state index < -0.39 is 0 Å². The number of ether oxygens (including phenoxy) is 1. The standard InChI is InChI=1S/C23H31N3O2S/c1-2-6-22(7-3-1)29-18-20-9-12-26(16-20)23(25-15-19-10-14-27-17-19)24-11-8-21-5-4-13-28-21/h1-7,13,19-20H,8-12,14-18H2,(H,24,25). The monoisotopic (exact) mass is 413 g/mol. The maximum atomic E-state index is 5.52. The average Bonchev–Trinajstić information content (AvgIpc) is 3.53. The fourth-order valence-electron chi connectivity index (χ4n) is 3.85. The van der Waals surface area contributed by atoms with Crippen molar-refractivity contribution in [3.63, 3.8) is 0 Å². The summed E-state index contributed by atoms with van der Waals surface area (Å²) >= 11 is 1.97. The van der Waals surface area contributed by atoms with Gasteiger partial charge in [-0.05, 0) is 43.0 Å². The molecule has 2 fully saturated rings. The van der Waals surface area contributed by atoms with Gasteiger partial charge >= 0.3 is 0 Å². The van der Waals surface area contributed by atoms with Crippen LogP contribution in [0.2, 0.25) is 0 Å². The van der Waals surface area contributed by atoms with Gasteiger partial charge in [-0.2, -0.15) is 0 Å². The first-order valence-electron chi connectivity index (χ1n) is 10.7. The number of thioether (sulfide) groups is 1. The molecule has 156 valence electrons. The number of furan rings is 1. The zero-order valence-electron chi connectivity index (χ0n) is 17.0. The maximum Gasteiger partial charge on any atom is 0.193 e. The van der Waals surface area contributed by atoms with E-state index in [4.69, 9.17) is 14.1 Å². The van der Waals surface area contributed by atoms with E-state index in [1.54, 1.807) is 6.26 Å². The van der Waals surface area contributed by atoms with Gasteiger partial charge in [-0.3, -0.25) is 4.99 Å². The average molecular weight is 414 g/mol. The molecule has 2 unspecified atom stereocenters. The summed E-state index contributed by atoms with van der Waals surface area (Å²) in [5.41, 5.74) is 0. The number of benzene rings is 1. The van der Waals surface area contributed by atoms with E-state index in [-0.39, 0.29) is 0 Å². The lowest BCUT2D eigenvalue weighted by atomic mass is 10.1. The Morgan fingerprint density at radius 2 is 2.07 bits per heavy atom. The van der Waals surface area contributed by atoms with E-state index in [1.807, 2.05) is 23.9 Å². The molecule has 29 heavy (non-hydrogen) atoms. The molecule has 1 aromatic heterocycles. The van der Waals surface area contributed by atoms with Crippen LogP contribution in [-0.4, -0.2) is 56.0 Å². The molecule has 2 atom stereocenters. The predicted molar refractivity (Wildman–Crippen MR) is 118 cm³/mol. The molecular weight excluding hydrogens is 382 g/mol. The zero-order chi connectivity index (χ0) is 19.7. The van der Waals surface area contributed by atoms with E-state index in [0.29, 0.717) is 11.8 Å². The fourth-order valence-corrected chi connectivity index (χ4v) is 4.90. The van der Waals surface area contributed by atoms with Gasteiger partial charge in [0.2, 0.25) is 0 Å². The lowest BCUT2D eigenvalue weighted by Gasteiger charge is -2.22. The Labute approximate surface area is 177 Å². The molecule has 2 saturated heterocycles. The summed E-state index contributed by atoms with van der Waals surface area (Å²) in [6.45, 7) is 5.57. The minimum absolute atomic E-state index is 0.559. The number of likely N-dealkylation sites (tertiary alicyclic amines) is 1. The summed E-state index contributed by atoms with van der Waals surface area (Å²) in [6.07, 6.45) is 4.96. The minimum atomic E-state index is 0.559.